The largest absolute Gasteiger partial charge is 0.493 e. The Bertz CT molecular complexity index is 435. The molecule has 0 atom stereocenters. The zero-order valence-corrected chi connectivity index (χ0v) is 11.6. The minimum absolute atomic E-state index is 0.0907. The van der Waals surface area contributed by atoms with Crippen LogP contribution in [0.15, 0.2) is 22.7 Å². The number of halogens is 3. The van der Waals surface area contributed by atoms with E-state index in [1.54, 1.807) is 6.92 Å². The highest BCUT2D eigenvalue weighted by molar-refractivity contribution is 9.10. The highest BCUT2D eigenvalue weighted by atomic mass is 79.9. The lowest BCUT2D eigenvalue weighted by molar-refractivity contribution is -0.173. The first-order chi connectivity index (χ1) is 8.43. The summed E-state index contributed by atoms with van der Waals surface area (Å²) in [5, 5.41) is 0. The number of ether oxygens (including phenoxy) is 2. The van der Waals surface area contributed by atoms with Crippen molar-refractivity contribution in [2.75, 3.05) is 13.2 Å². The fourth-order valence-corrected chi connectivity index (χ4v) is 1.80. The van der Waals surface area contributed by atoms with Gasteiger partial charge in [0.15, 0.2) is 0 Å². The summed E-state index contributed by atoms with van der Waals surface area (Å²) in [5.74, 6) is -4.77. The molecule has 1 rings (SSSR count). The van der Waals surface area contributed by atoms with E-state index >= 15 is 0 Å². The summed E-state index contributed by atoms with van der Waals surface area (Å²) in [6.07, 6.45) is 0. The Labute approximate surface area is 112 Å². The van der Waals surface area contributed by atoms with E-state index in [1.807, 2.05) is 0 Å². The highest BCUT2D eigenvalue weighted by Gasteiger charge is 2.42. The Hall–Kier alpha value is -1.17. The van der Waals surface area contributed by atoms with Crippen molar-refractivity contribution >= 4 is 21.9 Å². The molecule has 0 saturated heterocycles. The first kappa shape index (κ1) is 14.9. The van der Waals surface area contributed by atoms with Crippen molar-refractivity contribution in [2.45, 2.75) is 19.8 Å². The monoisotopic (exact) mass is 322 g/mol. The van der Waals surface area contributed by atoms with Crippen LogP contribution < -0.4 is 4.74 Å². The summed E-state index contributed by atoms with van der Waals surface area (Å²) >= 11 is 3.12. The van der Waals surface area contributed by atoms with E-state index in [0.717, 1.165) is 12.1 Å². The van der Waals surface area contributed by atoms with Crippen molar-refractivity contribution < 1.29 is 23.0 Å². The quantitative estimate of drug-likeness (QED) is 0.778. The van der Waals surface area contributed by atoms with E-state index in [2.05, 4.69) is 20.7 Å². The lowest BCUT2D eigenvalue weighted by Gasteiger charge is -2.16. The normalized spacial score (nSPS) is 11.2. The van der Waals surface area contributed by atoms with Crippen molar-refractivity contribution in [1.82, 2.24) is 0 Å². The van der Waals surface area contributed by atoms with Crippen molar-refractivity contribution in [3.63, 3.8) is 0 Å². The van der Waals surface area contributed by atoms with Crippen LogP contribution in [0.5, 0.6) is 5.75 Å². The SMILES string of the molecule is CCOC(=O)C(F)(F)c1ccc(OCC)c(Br)c1. The second-order valence-corrected chi connectivity index (χ2v) is 4.23. The third kappa shape index (κ3) is 3.19. The molecular weight excluding hydrogens is 310 g/mol. The fourth-order valence-electron chi connectivity index (χ4n) is 1.31. The average Bonchev–Trinajstić information content (AvgIpc) is 2.32. The molecular formula is C12H13BrF2O3. The molecule has 0 bridgehead atoms. The lowest BCUT2D eigenvalue weighted by atomic mass is 10.1. The molecule has 0 aliphatic heterocycles. The summed E-state index contributed by atoms with van der Waals surface area (Å²) in [4.78, 5) is 11.2. The van der Waals surface area contributed by atoms with Gasteiger partial charge in [0.2, 0.25) is 0 Å². The van der Waals surface area contributed by atoms with Crippen LogP contribution in [0.2, 0.25) is 0 Å². The van der Waals surface area contributed by atoms with Gasteiger partial charge in [0.1, 0.15) is 5.75 Å². The number of esters is 1. The molecule has 0 aliphatic carbocycles. The molecule has 6 heteroatoms. The number of carbonyl (C=O) groups is 1. The number of carbonyl (C=O) groups excluding carboxylic acids is 1. The van der Waals surface area contributed by atoms with Gasteiger partial charge in [0.05, 0.1) is 17.7 Å². The maximum absolute atomic E-state index is 13.7. The third-order valence-corrected chi connectivity index (χ3v) is 2.75. The van der Waals surface area contributed by atoms with Crippen LogP contribution >= 0.6 is 15.9 Å². The molecule has 0 aliphatic rings. The van der Waals surface area contributed by atoms with Crippen LogP contribution in [0.1, 0.15) is 19.4 Å². The molecule has 0 aromatic heterocycles. The van der Waals surface area contributed by atoms with Gasteiger partial charge < -0.3 is 9.47 Å². The predicted octanol–water partition coefficient (Wildman–Crippen LogP) is 3.50. The standard InChI is InChI=1S/C12H13BrF2O3/c1-3-17-10-6-5-8(7-9(10)13)12(14,15)11(16)18-4-2/h5-7H,3-4H2,1-2H3. The van der Waals surface area contributed by atoms with Gasteiger partial charge in [-0.3, -0.25) is 0 Å². The Balaban J connectivity index is 3.03. The number of hydrogen-bond donors (Lipinski definition) is 0. The molecule has 3 nitrogen and oxygen atoms in total. The second-order valence-electron chi connectivity index (χ2n) is 3.37. The van der Waals surface area contributed by atoms with Crippen LogP contribution in [0.4, 0.5) is 8.78 Å². The van der Waals surface area contributed by atoms with Gasteiger partial charge in [-0.25, -0.2) is 4.79 Å². The van der Waals surface area contributed by atoms with Gasteiger partial charge in [-0.2, -0.15) is 8.78 Å². The zero-order chi connectivity index (χ0) is 13.8. The molecule has 0 radical (unpaired) electrons. The van der Waals surface area contributed by atoms with Crippen molar-refractivity contribution in [2.24, 2.45) is 0 Å². The molecule has 0 heterocycles. The van der Waals surface area contributed by atoms with Gasteiger partial charge in [0, 0.05) is 5.56 Å². The molecule has 0 spiro atoms. The van der Waals surface area contributed by atoms with E-state index < -0.39 is 17.5 Å². The average molecular weight is 323 g/mol. The number of hydrogen-bond acceptors (Lipinski definition) is 3. The van der Waals surface area contributed by atoms with Crippen LogP contribution in [0.25, 0.3) is 0 Å². The smallest absolute Gasteiger partial charge is 0.381 e. The molecule has 1 aromatic rings. The van der Waals surface area contributed by atoms with Crippen molar-refractivity contribution in [1.29, 1.82) is 0 Å². The van der Waals surface area contributed by atoms with E-state index in [9.17, 15) is 13.6 Å². The Kier molecular flexibility index (Phi) is 5.07. The van der Waals surface area contributed by atoms with Crippen LogP contribution in [0, 0.1) is 0 Å². The Morgan fingerprint density at radius 3 is 2.50 bits per heavy atom. The minimum Gasteiger partial charge on any atom is -0.493 e. The number of benzene rings is 1. The molecule has 0 unspecified atom stereocenters. The summed E-state index contributed by atoms with van der Waals surface area (Å²) in [5.41, 5.74) is -0.434. The first-order valence-corrected chi connectivity index (χ1v) is 6.20. The Morgan fingerprint density at radius 2 is 2.00 bits per heavy atom. The first-order valence-electron chi connectivity index (χ1n) is 5.41. The molecule has 1 aromatic carbocycles. The maximum Gasteiger partial charge on any atom is 0.381 e. The number of rotatable bonds is 5. The molecule has 0 fully saturated rings. The summed E-state index contributed by atoms with van der Waals surface area (Å²) in [7, 11) is 0. The molecule has 0 saturated carbocycles. The van der Waals surface area contributed by atoms with Gasteiger partial charge in [-0.15, -0.1) is 0 Å². The van der Waals surface area contributed by atoms with Crippen LogP contribution in [-0.2, 0) is 15.5 Å². The highest BCUT2D eigenvalue weighted by Crippen LogP contribution is 2.34. The van der Waals surface area contributed by atoms with Gasteiger partial charge >= 0.3 is 11.9 Å². The minimum atomic E-state index is -3.66. The van der Waals surface area contributed by atoms with Gasteiger partial charge in [-0.05, 0) is 48.0 Å². The van der Waals surface area contributed by atoms with E-state index in [0.29, 0.717) is 16.8 Å². The van der Waals surface area contributed by atoms with E-state index in [1.165, 1.54) is 13.0 Å². The topological polar surface area (TPSA) is 35.5 Å². The van der Waals surface area contributed by atoms with Crippen LogP contribution in [-0.4, -0.2) is 19.2 Å². The second kappa shape index (κ2) is 6.13. The third-order valence-electron chi connectivity index (χ3n) is 2.13. The van der Waals surface area contributed by atoms with E-state index in [-0.39, 0.29) is 6.61 Å². The zero-order valence-electron chi connectivity index (χ0n) is 10.0. The summed E-state index contributed by atoms with van der Waals surface area (Å²) in [6.45, 7) is 3.59. The number of alkyl halides is 2. The van der Waals surface area contributed by atoms with Gasteiger partial charge in [-0.1, -0.05) is 0 Å². The van der Waals surface area contributed by atoms with Crippen molar-refractivity contribution in [3.05, 3.63) is 28.2 Å². The molecule has 18 heavy (non-hydrogen) atoms. The fraction of sp³-hybridized carbons (Fsp3) is 0.417. The van der Waals surface area contributed by atoms with E-state index in [4.69, 9.17) is 4.74 Å². The maximum atomic E-state index is 13.7. The van der Waals surface area contributed by atoms with Gasteiger partial charge in [0.25, 0.3) is 0 Å². The Morgan fingerprint density at radius 1 is 1.33 bits per heavy atom. The summed E-state index contributed by atoms with van der Waals surface area (Å²) < 4.78 is 37.3. The van der Waals surface area contributed by atoms with Crippen molar-refractivity contribution in [3.8, 4) is 5.75 Å². The molecule has 0 amide bonds. The molecule has 0 N–H and O–H groups in total. The summed E-state index contributed by atoms with van der Waals surface area (Å²) in [6, 6.07) is 3.69. The lowest BCUT2D eigenvalue weighted by Crippen LogP contribution is -2.28. The predicted molar refractivity (Wildman–Crippen MR) is 65.8 cm³/mol. The molecule has 100 valence electrons. The van der Waals surface area contributed by atoms with Crippen LogP contribution in [0.3, 0.4) is 0 Å².